The van der Waals surface area contributed by atoms with E-state index in [2.05, 4.69) is 21.3 Å². The van der Waals surface area contributed by atoms with Gasteiger partial charge >= 0.3 is 12.1 Å². The molecule has 0 saturated heterocycles. The molecule has 12 nitrogen and oxygen atoms in total. The van der Waals surface area contributed by atoms with Gasteiger partial charge in [-0.3, -0.25) is 19.2 Å². The van der Waals surface area contributed by atoms with E-state index >= 15 is 0 Å². The molecular formula is C32H50N4O8. The average molecular weight is 619 g/mol. The highest BCUT2D eigenvalue weighted by molar-refractivity contribution is 5.94. The standard InChI is InChI=1S/C32H50N4O8/c1-9-21(4)27(36-31(42)43-19-23-13-11-10-12-14-23)30(41)35-25(15-16-26(38)44-32(6,7)8)29(40)33-22(5)28(39)34-24(18-37)17-20(2)3/h10-14,18,20-22,24-25,27H,9,15-17,19H2,1-8H3,(H,33,40)(H,34,39)(H,35,41)(H,36,42). The SMILES string of the molecule is CCC(C)C(NC(=O)OCc1ccccc1)C(=O)NC(CCC(=O)OC(C)(C)C)C(=O)NC(C)C(=O)NC(C=O)CC(C)C. The van der Waals surface area contributed by atoms with Crippen LogP contribution in [0.2, 0.25) is 0 Å². The lowest BCUT2D eigenvalue weighted by molar-refractivity contribution is -0.155. The van der Waals surface area contributed by atoms with Crippen LogP contribution in [-0.2, 0) is 40.1 Å². The summed E-state index contributed by atoms with van der Waals surface area (Å²) in [7, 11) is 0. The summed E-state index contributed by atoms with van der Waals surface area (Å²) in [4.78, 5) is 75.9. The molecule has 0 bridgehead atoms. The molecule has 12 heteroatoms. The predicted octanol–water partition coefficient (Wildman–Crippen LogP) is 3.17. The second-order valence-electron chi connectivity index (χ2n) is 12.4. The van der Waals surface area contributed by atoms with E-state index in [9.17, 15) is 28.8 Å². The van der Waals surface area contributed by atoms with Crippen molar-refractivity contribution >= 4 is 36.1 Å². The van der Waals surface area contributed by atoms with Crippen molar-refractivity contribution in [2.75, 3.05) is 0 Å². The molecule has 5 unspecified atom stereocenters. The summed E-state index contributed by atoms with van der Waals surface area (Å²) in [6, 6.07) is 5.00. The predicted molar refractivity (Wildman–Crippen MR) is 165 cm³/mol. The van der Waals surface area contributed by atoms with E-state index in [0.717, 1.165) is 5.56 Å². The molecule has 1 aromatic rings. The Labute approximate surface area is 260 Å². The van der Waals surface area contributed by atoms with Gasteiger partial charge in [-0.25, -0.2) is 4.79 Å². The van der Waals surface area contributed by atoms with Crippen molar-refractivity contribution in [3.8, 4) is 0 Å². The van der Waals surface area contributed by atoms with Gasteiger partial charge in [-0.1, -0.05) is 64.4 Å². The Balaban J connectivity index is 3.04. The smallest absolute Gasteiger partial charge is 0.408 e. The van der Waals surface area contributed by atoms with Crippen molar-refractivity contribution in [3.63, 3.8) is 0 Å². The number of benzene rings is 1. The molecule has 0 aromatic heterocycles. The number of hydrogen-bond donors (Lipinski definition) is 4. The molecule has 0 spiro atoms. The number of rotatable bonds is 17. The Morgan fingerprint density at radius 2 is 1.50 bits per heavy atom. The van der Waals surface area contributed by atoms with Crippen molar-refractivity contribution in [2.24, 2.45) is 11.8 Å². The van der Waals surface area contributed by atoms with Crippen molar-refractivity contribution in [1.82, 2.24) is 21.3 Å². The second kappa shape index (κ2) is 18.6. The van der Waals surface area contributed by atoms with Crippen LogP contribution in [0.25, 0.3) is 0 Å². The maximum absolute atomic E-state index is 13.5. The third-order valence-electron chi connectivity index (χ3n) is 6.64. The molecule has 0 fully saturated rings. The molecule has 5 atom stereocenters. The van der Waals surface area contributed by atoms with Gasteiger partial charge in [0.25, 0.3) is 0 Å². The fraction of sp³-hybridized carbons (Fsp3) is 0.625. The van der Waals surface area contributed by atoms with E-state index in [1.807, 2.05) is 39.0 Å². The van der Waals surface area contributed by atoms with Crippen molar-refractivity contribution in [2.45, 2.75) is 117 Å². The molecule has 0 heterocycles. The zero-order valence-electron chi connectivity index (χ0n) is 27.2. The lowest BCUT2D eigenvalue weighted by Crippen LogP contribution is -2.58. The van der Waals surface area contributed by atoms with Gasteiger partial charge in [0.15, 0.2) is 0 Å². The van der Waals surface area contributed by atoms with E-state index in [4.69, 9.17) is 9.47 Å². The van der Waals surface area contributed by atoms with Gasteiger partial charge < -0.3 is 35.5 Å². The largest absolute Gasteiger partial charge is 0.460 e. The third-order valence-corrected chi connectivity index (χ3v) is 6.64. The number of carbonyl (C=O) groups excluding carboxylic acids is 6. The average Bonchev–Trinajstić information content (AvgIpc) is 2.95. The Morgan fingerprint density at radius 1 is 0.864 bits per heavy atom. The first kappa shape index (κ1) is 38.1. The topological polar surface area (TPSA) is 169 Å². The highest BCUT2D eigenvalue weighted by atomic mass is 16.6. The van der Waals surface area contributed by atoms with Crippen LogP contribution < -0.4 is 21.3 Å². The summed E-state index contributed by atoms with van der Waals surface area (Å²) in [5.74, 6) is -2.70. The van der Waals surface area contributed by atoms with E-state index < -0.39 is 59.6 Å². The van der Waals surface area contributed by atoms with Gasteiger partial charge in [-0.05, 0) is 57.9 Å². The summed E-state index contributed by atoms with van der Waals surface area (Å²) in [5.41, 5.74) is 0.0227. The van der Waals surface area contributed by atoms with Crippen LogP contribution in [0.1, 0.15) is 86.6 Å². The number of alkyl carbamates (subject to hydrolysis) is 1. The van der Waals surface area contributed by atoms with Crippen LogP contribution in [0, 0.1) is 11.8 Å². The number of ether oxygens (including phenoxy) is 2. The fourth-order valence-electron chi connectivity index (χ4n) is 4.12. The fourth-order valence-corrected chi connectivity index (χ4v) is 4.12. The zero-order chi connectivity index (χ0) is 33.4. The van der Waals surface area contributed by atoms with E-state index in [0.29, 0.717) is 19.1 Å². The minimum atomic E-state index is -1.24. The first-order valence-electron chi connectivity index (χ1n) is 15.1. The van der Waals surface area contributed by atoms with E-state index in [1.165, 1.54) is 6.92 Å². The summed E-state index contributed by atoms with van der Waals surface area (Å²) >= 11 is 0. The quantitative estimate of drug-likeness (QED) is 0.152. The molecule has 4 amide bonds. The molecule has 44 heavy (non-hydrogen) atoms. The Bertz CT molecular complexity index is 1100. The molecule has 0 saturated carbocycles. The van der Waals surface area contributed by atoms with Crippen LogP contribution in [0.3, 0.4) is 0 Å². The molecule has 0 aliphatic rings. The number of amides is 4. The third kappa shape index (κ3) is 15.0. The first-order chi connectivity index (χ1) is 20.6. The van der Waals surface area contributed by atoms with Gasteiger partial charge in [0.1, 0.15) is 36.6 Å². The van der Waals surface area contributed by atoms with Crippen LogP contribution in [0.15, 0.2) is 30.3 Å². The highest BCUT2D eigenvalue weighted by Crippen LogP contribution is 2.13. The maximum atomic E-state index is 13.5. The summed E-state index contributed by atoms with van der Waals surface area (Å²) in [5, 5.41) is 10.4. The normalized spacial score (nSPS) is 14.7. The molecule has 4 N–H and O–H groups in total. The van der Waals surface area contributed by atoms with Crippen LogP contribution in [0.4, 0.5) is 4.79 Å². The number of carbonyl (C=O) groups is 6. The minimum Gasteiger partial charge on any atom is -0.460 e. The van der Waals surface area contributed by atoms with Gasteiger partial charge in [-0.15, -0.1) is 0 Å². The number of nitrogens with one attached hydrogen (secondary N) is 4. The van der Waals surface area contributed by atoms with Crippen LogP contribution in [0.5, 0.6) is 0 Å². The minimum absolute atomic E-state index is 0.00448. The number of esters is 1. The van der Waals surface area contributed by atoms with Crippen molar-refractivity contribution < 1.29 is 38.2 Å². The molecular weight excluding hydrogens is 568 g/mol. The first-order valence-corrected chi connectivity index (χ1v) is 15.1. The molecule has 246 valence electrons. The Kier molecular flexibility index (Phi) is 16.1. The van der Waals surface area contributed by atoms with Crippen LogP contribution in [-0.4, -0.2) is 65.8 Å². The lowest BCUT2D eigenvalue weighted by Gasteiger charge is -2.27. The number of aldehydes is 1. The van der Waals surface area contributed by atoms with E-state index in [1.54, 1.807) is 39.8 Å². The molecule has 1 aromatic carbocycles. The Hall–Kier alpha value is -3.96. The summed E-state index contributed by atoms with van der Waals surface area (Å²) in [6.07, 6.45) is 0.471. The van der Waals surface area contributed by atoms with Crippen LogP contribution >= 0.6 is 0 Å². The van der Waals surface area contributed by atoms with Gasteiger partial charge in [0, 0.05) is 6.42 Å². The van der Waals surface area contributed by atoms with Gasteiger partial charge in [0.2, 0.25) is 17.7 Å². The second-order valence-corrected chi connectivity index (χ2v) is 12.4. The van der Waals surface area contributed by atoms with Crippen molar-refractivity contribution in [1.29, 1.82) is 0 Å². The van der Waals surface area contributed by atoms with E-state index in [-0.39, 0.29) is 31.3 Å². The highest BCUT2D eigenvalue weighted by Gasteiger charge is 2.32. The molecule has 0 aliphatic heterocycles. The van der Waals surface area contributed by atoms with Crippen molar-refractivity contribution in [3.05, 3.63) is 35.9 Å². The zero-order valence-corrected chi connectivity index (χ0v) is 27.2. The summed E-state index contributed by atoms with van der Waals surface area (Å²) in [6.45, 7) is 14.0. The lowest BCUT2D eigenvalue weighted by atomic mass is 9.97. The molecule has 1 rings (SSSR count). The number of hydrogen-bond acceptors (Lipinski definition) is 8. The summed E-state index contributed by atoms with van der Waals surface area (Å²) < 4.78 is 10.6. The monoisotopic (exact) mass is 618 g/mol. The maximum Gasteiger partial charge on any atom is 0.408 e. The van der Waals surface area contributed by atoms with Gasteiger partial charge in [0.05, 0.1) is 6.04 Å². The Morgan fingerprint density at radius 3 is 2.05 bits per heavy atom. The molecule has 0 aliphatic carbocycles. The molecule has 0 radical (unpaired) electrons. The van der Waals surface area contributed by atoms with Gasteiger partial charge in [-0.2, -0.15) is 0 Å².